The zero-order chi connectivity index (χ0) is 13.9. The van der Waals surface area contributed by atoms with Gasteiger partial charge in [-0.3, -0.25) is 14.5 Å². The molecule has 0 aliphatic carbocycles. The van der Waals surface area contributed by atoms with Crippen LogP contribution in [0.3, 0.4) is 0 Å². The van der Waals surface area contributed by atoms with E-state index >= 15 is 0 Å². The molecule has 3 rings (SSSR count). The number of hydrogen-bond donors (Lipinski definition) is 1. The molecule has 20 heavy (non-hydrogen) atoms. The normalized spacial score (nSPS) is 13.9. The molecule has 0 saturated heterocycles. The van der Waals surface area contributed by atoms with E-state index in [1.165, 1.54) is 4.90 Å². The van der Waals surface area contributed by atoms with E-state index in [1.54, 1.807) is 48.6 Å². The Labute approximate surface area is 120 Å². The first-order valence-corrected chi connectivity index (χ1v) is 7.43. The Bertz CT molecular complexity index is 605. The Hall–Kier alpha value is -2.08. The first-order chi connectivity index (χ1) is 9.77. The summed E-state index contributed by atoms with van der Waals surface area (Å²) in [5.41, 5.74) is 2.06. The number of aromatic amines is 1. The quantitative estimate of drug-likeness (QED) is 0.674. The Morgan fingerprint density at radius 3 is 2.45 bits per heavy atom. The molecule has 102 valence electrons. The zero-order valence-corrected chi connectivity index (χ0v) is 11.5. The van der Waals surface area contributed by atoms with Crippen molar-refractivity contribution in [2.75, 3.05) is 12.3 Å². The maximum atomic E-state index is 12.1. The lowest BCUT2D eigenvalue weighted by Gasteiger charge is -2.12. The van der Waals surface area contributed by atoms with Gasteiger partial charge < -0.3 is 4.98 Å². The number of hydrogen-bond acceptors (Lipinski definition) is 4. The fourth-order valence-electron chi connectivity index (χ4n) is 2.14. The summed E-state index contributed by atoms with van der Waals surface area (Å²) < 4.78 is 0. The molecule has 0 fully saturated rings. The summed E-state index contributed by atoms with van der Waals surface area (Å²) in [4.78, 5) is 32.5. The fraction of sp³-hybridized carbons (Fsp3) is 0.214. The topological polar surface area (TPSA) is 66.1 Å². The largest absolute Gasteiger partial charge is 0.348 e. The molecule has 2 amide bonds. The summed E-state index contributed by atoms with van der Waals surface area (Å²) in [6.07, 6.45) is 3.41. The number of aromatic nitrogens is 2. The standard InChI is InChI=1S/C14H13N3O2S/c18-13-11-3-1-2-4-12(11)14(19)17(13)5-6-20-8-10-7-15-9-16-10/h1-4,7,9H,5-6,8H2,(H,15,16). The molecule has 0 atom stereocenters. The number of H-pyrrole nitrogens is 1. The highest BCUT2D eigenvalue weighted by molar-refractivity contribution is 7.98. The van der Waals surface area contributed by atoms with E-state index < -0.39 is 0 Å². The number of nitrogens with one attached hydrogen (secondary N) is 1. The van der Waals surface area contributed by atoms with Gasteiger partial charge in [-0.05, 0) is 12.1 Å². The second-order valence-corrected chi connectivity index (χ2v) is 5.54. The van der Waals surface area contributed by atoms with Gasteiger partial charge in [0.1, 0.15) is 0 Å². The third-order valence-electron chi connectivity index (χ3n) is 3.15. The molecule has 1 N–H and O–H groups in total. The SMILES string of the molecule is O=C1c2ccccc2C(=O)N1CCSCc1cnc[nH]1. The molecule has 2 aromatic rings. The average molecular weight is 287 g/mol. The van der Waals surface area contributed by atoms with E-state index in [4.69, 9.17) is 0 Å². The number of imide groups is 1. The van der Waals surface area contributed by atoms with Gasteiger partial charge in [0.25, 0.3) is 11.8 Å². The summed E-state index contributed by atoms with van der Waals surface area (Å²) in [6, 6.07) is 6.96. The van der Waals surface area contributed by atoms with Crippen LogP contribution < -0.4 is 0 Å². The van der Waals surface area contributed by atoms with Crippen LogP contribution in [0.2, 0.25) is 0 Å². The van der Waals surface area contributed by atoms with Crippen molar-refractivity contribution in [3.8, 4) is 0 Å². The van der Waals surface area contributed by atoms with Crippen LogP contribution in [0.15, 0.2) is 36.8 Å². The summed E-state index contributed by atoms with van der Waals surface area (Å²) in [7, 11) is 0. The summed E-state index contributed by atoms with van der Waals surface area (Å²) in [6.45, 7) is 0.436. The second-order valence-electron chi connectivity index (χ2n) is 4.44. The minimum absolute atomic E-state index is 0.187. The van der Waals surface area contributed by atoms with Crippen LogP contribution in [0.25, 0.3) is 0 Å². The van der Waals surface area contributed by atoms with Crippen molar-refractivity contribution < 1.29 is 9.59 Å². The zero-order valence-electron chi connectivity index (χ0n) is 10.7. The summed E-state index contributed by atoms with van der Waals surface area (Å²) in [5.74, 6) is 1.13. The summed E-state index contributed by atoms with van der Waals surface area (Å²) in [5, 5.41) is 0. The molecule has 5 nitrogen and oxygen atoms in total. The van der Waals surface area contributed by atoms with Gasteiger partial charge in [-0.1, -0.05) is 12.1 Å². The van der Waals surface area contributed by atoms with Gasteiger partial charge in [0.05, 0.1) is 17.5 Å². The number of amides is 2. The lowest BCUT2D eigenvalue weighted by Crippen LogP contribution is -2.31. The highest BCUT2D eigenvalue weighted by atomic mass is 32.2. The first-order valence-electron chi connectivity index (χ1n) is 6.27. The minimum Gasteiger partial charge on any atom is -0.348 e. The number of carbonyl (C=O) groups is 2. The van der Waals surface area contributed by atoms with Crippen molar-refractivity contribution in [2.45, 2.75) is 5.75 Å². The predicted octanol–water partition coefficient (Wildman–Crippen LogP) is 1.94. The average Bonchev–Trinajstić information content (AvgIpc) is 3.06. The number of fused-ring (bicyclic) bond motifs is 1. The van der Waals surface area contributed by atoms with Crippen molar-refractivity contribution in [1.82, 2.24) is 14.9 Å². The Kier molecular flexibility index (Phi) is 3.56. The molecule has 0 radical (unpaired) electrons. The van der Waals surface area contributed by atoms with E-state index in [0.717, 1.165) is 11.4 Å². The molecule has 1 aliphatic rings. The third kappa shape index (κ3) is 2.34. The Morgan fingerprint density at radius 2 is 1.85 bits per heavy atom. The minimum atomic E-state index is -0.187. The Morgan fingerprint density at radius 1 is 1.15 bits per heavy atom. The molecule has 0 spiro atoms. The van der Waals surface area contributed by atoms with Gasteiger partial charge in [-0.25, -0.2) is 4.98 Å². The molecule has 0 unspecified atom stereocenters. The van der Waals surface area contributed by atoms with E-state index in [1.807, 2.05) is 0 Å². The van der Waals surface area contributed by atoms with Crippen LogP contribution >= 0.6 is 11.8 Å². The Balaban J connectivity index is 1.57. The monoisotopic (exact) mass is 287 g/mol. The second kappa shape index (κ2) is 5.50. The first kappa shape index (κ1) is 12.9. The van der Waals surface area contributed by atoms with Crippen LogP contribution in [0.4, 0.5) is 0 Å². The van der Waals surface area contributed by atoms with Gasteiger partial charge in [0.15, 0.2) is 0 Å². The number of nitrogens with zero attached hydrogens (tertiary/aromatic N) is 2. The highest BCUT2D eigenvalue weighted by Gasteiger charge is 2.34. The van der Waals surface area contributed by atoms with Crippen LogP contribution in [0, 0.1) is 0 Å². The van der Waals surface area contributed by atoms with Gasteiger partial charge in [0.2, 0.25) is 0 Å². The fourth-order valence-corrected chi connectivity index (χ4v) is 2.98. The van der Waals surface area contributed by atoms with Gasteiger partial charge >= 0.3 is 0 Å². The van der Waals surface area contributed by atoms with E-state index in [2.05, 4.69) is 9.97 Å². The highest BCUT2D eigenvalue weighted by Crippen LogP contribution is 2.22. The predicted molar refractivity (Wildman–Crippen MR) is 76.6 cm³/mol. The number of benzene rings is 1. The molecule has 6 heteroatoms. The molecule has 0 saturated carbocycles. The van der Waals surface area contributed by atoms with Crippen molar-refractivity contribution >= 4 is 23.6 Å². The lowest BCUT2D eigenvalue weighted by molar-refractivity contribution is 0.0664. The maximum absolute atomic E-state index is 12.1. The van der Waals surface area contributed by atoms with Crippen molar-refractivity contribution in [3.63, 3.8) is 0 Å². The van der Waals surface area contributed by atoms with E-state index in [0.29, 0.717) is 23.4 Å². The van der Waals surface area contributed by atoms with Gasteiger partial charge in [-0.2, -0.15) is 11.8 Å². The molecule has 0 bridgehead atoms. The van der Waals surface area contributed by atoms with Crippen LogP contribution in [0.5, 0.6) is 0 Å². The van der Waals surface area contributed by atoms with E-state index in [-0.39, 0.29) is 11.8 Å². The number of thioether (sulfide) groups is 1. The molecule has 1 aromatic heterocycles. The molecule has 2 heterocycles. The van der Waals surface area contributed by atoms with Gasteiger partial charge in [-0.15, -0.1) is 0 Å². The molecule has 1 aromatic carbocycles. The van der Waals surface area contributed by atoms with Crippen LogP contribution in [0.1, 0.15) is 26.4 Å². The van der Waals surface area contributed by atoms with Crippen LogP contribution in [-0.4, -0.2) is 39.0 Å². The number of rotatable bonds is 5. The lowest BCUT2D eigenvalue weighted by atomic mass is 10.1. The van der Waals surface area contributed by atoms with Gasteiger partial charge in [0, 0.05) is 29.9 Å². The maximum Gasteiger partial charge on any atom is 0.261 e. The third-order valence-corrected chi connectivity index (χ3v) is 4.14. The molecular formula is C14H13N3O2S. The van der Waals surface area contributed by atoms with Crippen molar-refractivity contribution in [3.05, 3.63) is 53.6 Å². The number of imidazole rings is 1. The smallest absolute Gasteiger partial charge is 0.261 e. The van der Waals surface area contributed by atoms with Crippen molar-refractivity contribution in [2.24, 2.45) is 0 Å². The van der Waals surface area contributed by atoms with E-state index in [9.17, 15) is 9.59 Å². The van der Waals surface area contributed by atoms with Crippen molar-refractivity contribution in [1.29, 1.82) is 0 Å². The summed E-state index contributed by atoms with van der Waals surface area (Å²) >= 11 is 1.66. The van der Waals surface area contributed by atoms with Crippen LogP contribution in [-0.2, 0) is 5.75 Å². The number of carbonyl (C=O) groups excluding carboxylic acids is 2. The molecular weight excluding hydrogens is 274 g/mol. The molecule has 1 aliphatic heterocycles.